The zero-order valence-corrected chi connectivity index (χ0v) is 21.3. The molecule has 1 amide bonds. The number of rotatable bonds is 8. The summed E-state index contributed by atoms with van der Waals surface area (Å²) < 4.78 is 67.7. The lowest BCUT2D eigenvalue weighted by Crippen LogP contribution is -2.50. The molecule has 0 aromatic heterocycles. The number of nitrogens with zero attached hydrogens (tertiary/aromatic N) is 1. The highest BCUT2D eigenvalue weighted by atomic mass is 32.2. The van der Waals surface area contributed by atoms with Gasteiger partial charge in [0.2, 0.25) is 15.9 Å². The second-order valence-electron chi connectivity index (χ2n) is 11.0. The number of piperidine rings is 2. The highest BCUT2D eigenvalue weighted by molar-refractivity contribution is 7.89. The molecule has 35 heavy (non-hydrogen) atoms. The van der Waals surface area contributed by atoms with Crippen LogP contribution in [0.2, 0.25) is 0 Å². The highest BCUT2D eigenvalue weighted by Crippen LogP contribution is 2.42. The first-order valence-electron chi connectivity index (χ1n) is 13.5. The highest BCUT2D eigenvalue weighted by Gasteiger charge is 2.51. The molecule has 5 unspecified atom stereocenters. The van der Waals surface area contributed by atoms with Crippen LogP contribution in [-0.2, 0) is 14.8 Å². The number of alkyl halides is 3. The number of halogens is 3. The van der Waals surface area contributed by atoms with Gasteiger partial charge in [0.25, 0.3) is 0 Å². The summed E-state index contributed by atoms with van der Waals surface area (Å²) in [7, 11) is -3.94. The third-order valence-corrected chi connectivity index (χ3v) is 11.1. The van der Waals surface area contributed by atoms with E-state index in [4.69, 9.17) is 0 Å². The number of unbranched alkanes of at least 4 members (excludes halogenated alkanes) is 1. The van der Waals surface area contributed by atoms with Crippen LogP contribution < -0.4 is 16.0 Å². The number of hydrogen-bond donors (Lipinski definition) is 3. The van der Waals surface area contributed by atoms with Gasteiger partial charge in [0.05, 0.1) is 17.2 Å². The molecule has 11 heteroatoms. The standard InChI is InChI=1S/C24H41F3N4O3S/c25-24(26,27)19-6-1-2-7-22(19)35(33,34)31-13-9-17(10-14-31)5-3-4-11-29-23(32)21-15-18-16-28-12-8-20(18)30-21/h17-22,28,30H,1-16H2,(H,29,32). The van der Waals surface area contributed by atoms with Gasteiger partial charge in [-0.1, -0.05) is 25.7 Å². The Morgan fingerprint density at radius 3 is 2.49 bits per heavy atom. The van der Waals surface area contributed by atoms with Gasteiger partial charge in [0.1, 0.15) is 0 Å². The Kier molecular flexibility index (Phi) is 9.03. The van der Waals surface area contributed by atoms with Gasteiger partial charge in [-0.05, 0) is 69.9 Å². The van der Waals surface area contributed by atoms with Crippen LogP contribution in [-0.4, -0.2) is 74.9 Å². The summed E-state index contributed by atoms with van der Waals surface area (Å²) >= 11 is 0. The minimum atomic E-state index is -4.46. The van der Waals surface area contributed by atoms with Crippen molar-refractivity contribution in [3.05, 3.63) is 0 Å². The molecule has 0 bridgehead atoms. The molecule has 5 atom stereocenters. The molecule has 4 rings (SSSR count). The Bertz CT molecular complexity index is 803. The SMILES string of the molecule is O=C(NCCCCC1CCN(S(=O)(=O)C2CCCCC2C(F)(F)F)CC1)C1CC2CNCCC2N1. The van der Waals surface area contributed by atoms with Gasteiger partial charge in [0, 0.05) is 25.7 Å². The first-order chi connectivity index (χ1) is 16.7. The third kappa shape index (κ3) is 6.70. The smallest absolute Gasteiger partial charge is 0.355 e. The van der Waals surface area contributed by atoms with Crippen LogP contribution in [0.5, 0.6) is 0 Å². The molecule has 7 nitrogen and oxygen atoms in total. The second kappa shape index (κ2) is 11.6. The van der Waals surface area contributed by atoms with Crippen molar-refractivity contribution in [1.82, 2.24) is 20.3 Å². The Labute approximate surface area is 207 Å². The monoisotopic (exact) mass is 522 g/mol. The van der Waals surface area contributed by atoms with Crippen LogP contribution in [0.15, 0.2) is 0 Å². The molecule has 3 aliphatic heterocycles. The minimum absolute atomic E-state index is 0.0813. The fourth-order valence-electron chi connectivity index (χ4n) is 6.57. The molecule has 1 aliphatic carbocycles. The second-order valence-corrected chi connectivity index (χ2v) is 13.1. The molecule has 3 heterocycles. The average Bonchev–Trinajstić information content (AvgIpc) is 3.28. The largest absolute Gasteiger partial charge is 0.393 e. The Morgan fingerprint density at radius 1 is 1.03 bits per heavy atom. The number of hydrogen-bond acceptors (Lipinski definition) is 5. The quantitative estimate of drug-likeness (QED) is 0.427. The Morgan fingerprint density at radius 2 is 1.77 bits per heavy atom. The van der Waals surface area contributed by atoms with Gasteiger partial charge in [-0.15, -0.1) is 0 Å². The summed E-state index contributed by atoms with van der Waals surface area (Å²) in [5.41, 5.74) is 0. The summed E-state index contributed by atoms with van der Waals surface area (Å²) in [6.07, 6.45) is 2.65. The van der Waals surface area contributed by atoms with Crippen molar-refractivity contribution in [1.29, 1.82) is 0 Å². The van der Waals surface area contributed by atoms with E-state index in [1.165, 1.54) is 4.31 Å². The fraction of sp³-hybridized carbons (Fsp3) is 0.958. The average molecular weight is 523 g/mol. The van der Waals surface area contributed by atoms with E-state index in [0.717, 1.165) is 45.2 Å². The molecule has 0 aromatic carbocycles. The number of carbonyl (C=O) groups excluding carboxylic acids is 1. The van der Waals surface area contributed by atoms with Crippen molar-refractivity contribution < 1.29 is 26.4 Å². The molecule has 3 N–H and O–H groups in total. The number of carbonyl (C=O) groups is 1. The summed E-state index contributed by atoms with van der Waals surface area (Å²) in [5, 5.41) is 8.58. The number of sulfonamides is 1. The summed E-state index contributed by atoms with van der Waals surface area (Å²) in [4.78, 5) is 12.5. The topological polar surface area (TPSA) is 90.5 Å². The van der Waals surface area contributed by atoms with E-state index in [0.29, 0.717) is 63.2 Å². The predicted molar refractivity (Wildman–Crippen MR) is 128 cm³/mol. The van der Waals surface area contributed by atoms with E-state index in [2.05, 4.69) is 16.0 Å². The lowest BCUT2D eigenvalue weighted by atomic mass is 9.88. The van der Waals surface area contributed by atoms with Crippen molar-refractivity contribution in [2.24, 2.45) is 17.8 Å². The van der Waals surface area contributed by atoms with E-state index in [9.17, 15) is 26.4 Å². The minimum Gasteiger partial charge on any atom is -0.355 e. The first-order valence-corrected chi connectivity index (χ1v) is 15.0. The van der Waals surface area contributed by atoms with E-state index < -0.39 is 27.4 Å². The van der Waals surface area contributed by atoms with Crippen LogP contribution in [0.25, 0.3) is 0 Å². The molecule has 1 saturated carbocycles. The maximum absolute atomic E-state index is 13.4. The Hall–Kier alpha value is -0.910. The summed E-state index contributed by atoms with van der Waals surface area (Å²) in [5.74, 6) is -0.743. The lowest BCUT2D eigenvalue weighted by molar-refractivity contribution is -0.180. The van der Waals surface area contributed by atoms with E-state index in [-0.39, 0.29) is 24.8 Å². The number of nitrogens with one attached hydrogen (secondary N) is 3. The lowest BCUT2D eigenvalue weighted by Gasteiger charge is -2.38. The molecule has 0 radical (unpaired) electrons. The Balaban J connectivity index is 1.13. The van der Waals surface area contributed by atoms with Gasteiger partial charge < -0.3 is 16.0 Å². The maximum Gasteiger partial charge on any atom is 0.393 e. The van der Waals surface area contributed by atoms with Crippen LogP contribution in [0.4, 0.5) is 13.2 Å². The van der Waals surface area contributed by atoms with Crippen molar-refractivity contribution in [2.75, 3.05) is 32.7 Å². The fourth-order valence-corrected chi connectivity index (χ4v) is 8.84. The first kappa shape index (κ1) is 27.1. The van der Waals surface area contributed by atoms with Crippen LogP contribution in [0, 0.1) is 17.8 Å². The van der Waals surface area contributed by atoms with Crippen LogP contribution in [0.3, 0.4) is 0 Å². The van der Waals surface area contributed by atoms with Gasteiger partial charge >= 0.3 is 6.18 Å². The molecule has 0 spiro atoms. The summed E-state index contributed by atoms with van der Waals surface area (Å²) in [6, 6.07) is 0.344. The molecular weight excluding hydrogens is 481 g/mol. The number of fused-ring (bicyclic) bond motifs is 1. The van der Waals surface area contributed by atoms with E-state index in [1.807, 2.05) is 0 Å². The zero-order valence-electron chi connectivity index (χ0n) is 20.5. The molecular formula is C24H41F3N4O3S. The van der Waals surface area contributed by atoms with Gasteiger partial charge in [0.15, 0.2) is 0 Å². The molecule has 0 aromatic rings. The van der Waals surface area contributed by atoms with E-state index >= 15 is 0 Å². The molecule has 4 aliphatic rings. The van der Waals surface area contributed by atoms with Crippen molar-refractivity contribution in [3.63, 3.8) is 0 Å². The van der Waals surface area contributed by atoms with E-state index in [1.54, 1.807) is 0 Å². The van der Waals surface area contributed by atoms with Crippen molar-refractivity contribution in [3.8, 4) is 0 Å². The van der Waals surface area contributed by atoms with Crippen molar-refractivity contribution in [2.45, 2.75) is 94.1 Å². The van der Waals surface area contributed by atoms with Gasteiger partial charge in [-0.2, -0.15) is 13.2 Å². The molecule has 202 valence electrons. The predicted octanol–water partition coefficient (Wildman–Crippen LogP) is 2.78. The van der Waals surface area contributed by atoms with Crippen LogP contribution >= 0.6 is 0 Å². The van der Waals surface area contributed by atoms with Gasteiger partial charge in [-0.3, -0.25) is 4.79 Å². The third-order valence-electron chi connectivity index (χ3n) is 8.66. The molecule has 4 fully saturated rings. The van der Waals surface area contributed by atoms with Crippen LogP contribution in [0.1, 0.15) is 70.6 Å². The molecule has 3 saturated heterocycles. The van der Waals surface area contributed by atoms with Crippen molar-refractivity contribution >= 4 is 15.9 Å². The zero-order chi connectivity index (χ0) is 25.1. The van der Waals surface area contributed by atoms with Gasteiger partial charge in [-0.25, -0.2) is 12.7 Å². The summed E-state index contributed by atoms with van der Waals surface area (Å²) in [6.45, 7) is 3.25. The maximum atomic E-state index is 13.4. The number of amides is 1. The normalized spacial score (nSPS) is 33.4.